The van der Waals surface area contributed by atoms with E-state index in [0.29, 0.717) is 0 Å². The van der Waals surface area contributed by atoms with Gasteiger partial charge in [-0.25, -0.2) is 0 Å². The smallest absolute Gasteiger partial charge is 0.122 e. The maximum Gasteiger partial charge on any atom is 0.122 e. The Morgan fingerprint density at radius 3 is 2.84 bits per heavy atom. The number of hydrogen-bond acceptors (Lipinski definition) is 2. The van der Waals surface area contributed by atoms with Crippen LogP contribution in [0.15, 0.2) is 30.9 Å². The average Bonchev–Trinajstić information content (AvgIpc) is 2.90. The zero-order valence-corrected chi connectivity index (χ0v) is 12.0. The Balaban J connectivity index is 1.79. The van der Waals surface area contributed by atoms with E-state index in [1.807, 2.05) is 6.08 Å². The summed E-state index contributed by atoms with van der Waals surface area (Å²) < 4.78 is 5.93. The van der Waals surface area contributed by atoms with Crippen LogP contribution >= 0.6 is 0 Å². The highest BCUT2D eigenvalue weighted by atomic mass is 16.5. The van der Waals surface area contributed by atoms with E-state index in [2.05, 4.69) is 36.6 Å². The fraction of sp³-hybridized carbons (Fsp3) is 0.529. The van der Waals surface area contributed by atoms with Crippen LogP contribution in [0.3, 0.4) is 0 Å². The Morgan fingerprint density at radius 2 is 2.11 bits per heavy atom. The second-order valence-electron chi connectivity index (χ2n) is 5.35. The highest BCUT2D eigenvalue weighted by Crippen LogP contribution is 2.21. The zero-order chi connectivity index (χ0) is 13.5. The fourth-order valence-corrected chi connectivity index (χ4v) is 2.64. The molecule has 0 N–H and O–H groups in total. The Bertz CT molecular complexity index is 408. The molecule has 0 spiro atoms. The lowest BCUT2D eigenvalue weighted by molar-refractivity contribution is 0.262. The molecule has 0 aliphatic carbocycles. The summed E-state index contributed by atoms with van der Waals surface area (Å²) in [4.78, 5) is 2.53. The van der Waals surface area contributed by atoms with Crippen molar-refractivity contribution < 1.29 is 4.74 Å². The zero-order valence-electron chi connectivity index (χ0n) is 12.0. The van der Waals surface area contributed by atoms with Gasteiger partial charge in [0.15, 0.2) is 0 Å². The summed E-state index contributed by atoms with van der Waals surface area (Å²) >= 11 is 0. The van der Waals surface area contributed by atoms with Crippen molar-refractivity contribution in [2.24, 2.45) is 0 Å². The number of ether oxygens (including phenoxy) is 1. The molecule has 0 amide bonds. The maximum atomic E-state index is 5.93. The largest absolute Gasteiger partial charge is 0.493 e. The summed E-state index contributed by atoms with van der Waals surface area (Å²) in [5.74, 6) is 1.02. The molecule has 2 heteroatoms. The van der Waals surface area contributed by atoms with E-state index in [9.17, 15) is 0 Å². The normalized spacial score (nSPS) is 15.6. The van der Waals surface area contributed by atoms with E-state index in [1.54, 1.807) is 0 Å². The van der Waals surface area contributed by atoms with Crippen molar-refractivity contribution >= 4 is 0 Å². The van der Waals surface area contributed by atoms with Crippen LogP contribution in [-0.4, -0.2) is 31.1 Å². The first-order valence-electron chi connectivity index (χ1n) is 7.35. The predicted octanol–water partition coefficient (Wildman–Crippen LogP) is 3.59. The van der Waals surface area contributed by atoms with Gasteiger partial charge in [0.1, 0.15) is 5.75 Å². The monoisotopic (exact) mass is 259 g/mol. The number of aryl methyl sites for hydroxylation is 1. The average molecular weight is 259 g/mol. The van der Waals surface area contributed by atoms with Gasteiger partial charge in [-0.15, -0.1) is 6.58 Å². The number of allylic oxidation sites excluding steroid dienone is 1. The van der Waals surface area contributed by atoms with Gasteiger partial charge in [-0.1, -0.05) is 23.8 Å². The van der Waals surface area contributed by atoms with Crippen LogP contribution in [0.4, 0.5) is 0 Å². The molecule has 1 fully saturated rings. The first-order chi connectivity index (χ1) is 9.29. The van der Waals surface area contributed by atoms with Gasteiger partial charge in [-0.2, -0.15) is 0 Å². The van der Waals surface area contributed by atoms with Crippen LogP contribution in [0.2, 0.25) is 0 Å². The van der Waals surface area contributed by atoms with E-state index in [1.165, 1.54) is 43.6 Å². The molecule has 0 saturated carbocycles. The van der Waals surface area contributed by atoms with Crippen LogP contribution in [0, 0.1) is 6.92 Å². The summed E-state index contributed by atoms with van der Waals surface area (Å²) in [7, 11) is 0. The van der Waals surface area contributed by atoms with E-state index < -0.39 is 0 Å². The van der Waals surface area contributed by atoms with Gasteiger partial charge < -0.3 is 9.64 Å². The van der Waals surface area contributed by atoms with Crippen LogP contribution < -0.4 is 4.74 Å². The molecule has 104 valence electrons. The minimum absolute atomic E-state index is 0.809. The molecule has 0 bridgehead atoms. The van der Waals surface area contributed by atoms with E-state index in [4.69, 9.17) is 4.74 Å². The first-order valence-corrected chi connectivity index (χ1v) is 7.35. The number of benzene rings is 1. The minimum atomic E-state index is 0.809. The Hall–Kier alpha value is -1.28. The van der Waals surface area contributed by atoms with Crippen molar-refractivity contribution in [1.82, 2.24) is 4.90 Å². The molecule has 0 radical (unpaired) electrons. The lowest BCUT2D eigenvalue weighted by Gasteiger charge is -2.15. The van der Waals surface area contributed by atoms with Crippen LogP contribution in [0.25, 0.3) is 0 Å². The molecular weight excluding hydrogens is 234 g/mol. The van der Waals surface area contributed by atoms with Crippen molar-refractivity contribution in [2.45, 2.75) is 32.6 Å². The third-order valence-electron chi connectivity index (χ3n) is 3.66. The van der Waals surface area contributed by atoms with Gasteiger partial charge in [0.05, 0.1) is 6.61 Å². The summed E-state index contributed by atoms with van der Waals surface area (Å²) in [5, 5.41) is 0. The highest BCUT2D eigenvalue weighted by Gasteiger charge is 2.10. The second kappa shape index (κ2) is 7.34. The molecule has 1 heterocycles. The molecule has 1 aliphatic rings. The quantitative estimate of drug-likeness (QED) is 0.548. The van der Waals surface area contributed by atoms with Gasteiger partial charge in [0.25, 0.3) is 0 Å². The predicted molar refractivity (Wildman–Crippen MR) is 80.9 cm³/mol. The molecule has 0 aromatic heterocycles. The number of likely N-dealkylation sites (tertiary alicyclic amines) is 1. The molecule has 1 aromatic carbocycles. The second-order valence-corrected chi connectivity index (χ2v) is 5.35. The molecule has 2 nitrogen and oxygen atoms in total. The number of hydrogen-bond donors (Lipinski definition) is 0. The Kier molecular flexibility index (Phi) is 5.46. The molecule has 0 atom stereocenters. The van der Waals surface area contributed by atoms with Gasteiger partial charge >= 0.3 is 0 Å². The van der Waals surface area contributed by atoms with Crippen molar-refractivity contribution in [3.05, 3.63) is 42.0 Å². The van der Waals surface area contributed by atoms with E-state index in [-0.39, 0.29) is 0 Å². The topological polar surface area (TPSA) is 12.5 Å². The van der Waals surface area contributed by atoms with Crippen LogP contribution in [-0.2, 0) is 6.42 Å². The minimum Gasteiger partial charge on any atom is -0.493 e. The summed E-state index contributed by atoms with van der Waals surface area (Å²) in [6, 6.07) is 6.39. The lowest BCUT2D eigenvalue weighted by Crippen LogP contribution is -2.22. The molecule has 1 aliphatic heterocycles. The lowest BCUT2D eigenvalue weighted by atomic mass is 10.1. The first kappa shape index (κ1) is 14.1. The molecule has 19 heavy (non-hydrogen) atoms. The van der Waals surface area contributed by atoms with Gasteiger partial charge in [0.2, 0.25) is 0 Å². The van der Waals surface area contributed by atoms with E-state index in [0.717, 1.165) is 25.2 Å². The maximum absolute atomic E-state index is 5.93. The van der Waals surface area contributed by atoms with Crippen LogP contribution in [0.5, 0.6) is 5.75 Å². The molecule has 1 saturated heterocycles. The number of rotatable bonds is 7. The van der Waals surface area contributed by atoms with Gasteiger partial charge in [-0.3, -0.25) is 0 Å². The van der Waals surface area contributed by atoms with Crippen molar-refractivity contribution in [3.8, 4) is 5.75 Å². The third-order valence-corrected chi connectivity index (χ3v) is 3.66. The standard InChI is InChI=1S/C17H25NO/c1-3-7-16-14-15(2)8-9-17(16)19-13-6-12-18-10-4-5-11-18/h3,8-9,14H,1,4-7,10-13H2,2H3. The summed E-state index contributed by atoms with van der Waals surface area (Å²) in [6.45, 7) is 10.4. The summed E-state index contributed by atoms with van der Waals surface area (Å²) in [6.07, 6.45) is 6.65. The Labute approximate surface area is 117 Å². The van der Waals surface area contributed by atoms with Crippen LogP contribution in [0.1, 0.15) is 30.4 Å². The fourth-order valence-electron chi connectivity index (χ4n) is 2.64. The van der Waals surface area contributed by atoms with Crippen molar-refractivity contribution in [3.63, 3.8) is 0 Å². The van der Waals surface area contributed by atoms with Crippen molar-refractivity contribution in [2.75, 3.05) is 26.2 Å². The molecule has 2 rings (SSSR count). The summed E-state index contributed by atoms with van der Waals surface area (Å²) in [5.41, 5.74) is 2.53. The van der Waals surface area contributed by atoms with Gasteiger partial charge in [0, 0.05) is 6.54 Å². The SMILES string of the molecule is C=CCc1cc(C)ccc1OCCCN1CCCC1. The molecule has 1 aromatic rings. The molecular formula is C17H25NO. The van der Waals surface area contributed by atoms with Crippen molar-refractivity contribution in [1.29, 1.82) is 0 Å². The van der Waals surface area contributed by atoms with E-state index >= 15 is 0 Å². The highest BCUT2D eigenvalue weighted by molar-refractivity contribution is 5.38. The Morgan fingerprint density at radius 1 is 1.32 bits per heavy atom. The third kappa shape index (κ3) is 4.39. The van der Waals surface area contributed by atoms with Gasteiger partial charge in [-0.05, 0) is 57.3 Å². The molecule has 0 unspecified atom stereocenters. The number of nitrogens with zero attached hydrogens (tertiary/aromatic N) is 1.